The number of hydrogen-bond acceptors (Lipinski definition) is 4. The van der Waals surface area contributed by atoms with E-state index in [9.17, 15) is 4.79 Å². The van der Waals surface area contributed by atoms with Gasteiger partial charge in [0.2, 0.25) is 0 Å². The molecule has 0 radical (unpaired) electrons. The fraction of sp³-hybridized carbons (Fsp3) is 0.235. The number of nitrogens with one attached hydrogen (secondary N) is 1. The number of nitrogens with zero attached hydrogens (tertiary/aromatic N) is 3. The molecule has 3 aromatic rings. The number of hydrogen-bond donors (Lipinski definition) is 1. The monoisotopic (exact) mass is 344 g/mol. The Bertz CT molecular complexity index is 905. The van der Waals surface area contributed by atoms with Crippen LogP contribution in [0, 0.1) is 0 Å². The molecule has 1 N–H and O–H groups in total. The van der Waals surface area contributed by atoms with Gasteiger partial charge in [-0.2, -0.15) is 0 Å². The van der Waals surface area contributed by atoms with Crippen LogP contribution in [0.2, 0.25) is 5.02 Å². The van der Waals surface area contributed by atoms with Gasteiger partial charge in [-0.1, -0.05) is 11.6 Å². The molecule has 124 valence electrons. The molecule has 0 saturated heterocycles. The molecule has 0 aliphatic carbocycles. The molecule has 0 fully saturated rings. The molecule has 0 aliphatic heterocycles. The predicted molar refractivity (Wildman–Crippen MR) is 93.9 cm³/mol. The van der Waals surface area contributed by atoms with Crippen molar-refractivity contribution in [2.45, 2.75) is 19.9 Å². The number of carbonyl (C=O) groups is 1. The maximum Gasteiger partial charge on any atom is 0.257 e. The minimum absolute atomic E-state index is 0.250. The Hall–Kier alpha value is -2.60. The van der Waals surface area contributed by atoms with Crippen molar-refractivity contribution in [3.8, 4) is 5.75 Å². The molecular weight excluding hydrogens is 328 g/mol. The molecule has 7 heteroatoms. The number of imidazole rings is 1. The van der Waals surface area contributed by atoms with E-state index in [4.69, 9.17) is 16.3 Å². The van der Waals surface area contributed by atoms with Gasteiger partial charge in [-0.3, -0.25) is 4.79 Å². The molecule has 0 unspecified atom stereocenters. The lowest BCUT2D eigenvalue weighted by molar-refractivity contribution is 0.102. The van der Waals surface area contributed by atoms with E-state index in [0.29, 0.717) is 27.5 Å². The number of amides is 1. The maximum absolute atomic E-state index is 12.4. The first-order chi connectivity index (χ1) is 11.5. The Morgan fingerprint density at radius 1 is 1.29 bits per heavy atom. The van der Waals surface area contributed by atoms with Gasteiger partial charge in [-0.05, 0) is 32.0 Å². The highest BCUT2D eigenvalue weighted by Crippen LogP contribution is 2.27. The van der Waals surface area contributed by atoms with Crippen molar-refractivity contribution in [3.63, 3.8) is 0 Å². The smallest absolute Gasteiger partial charge is 0.257 e. The van der Waals surface area contributed by atoms with Gasteiger partial charge >= 0.3 is 0 Å². The van der Waals surface area contributed by atoms with E-state index in [1.54, 1.807) is 37.7 Å². The normalized spacial score (nSPS) is 11.0. The van der Waals surface area contributed by atoms with Crippen LogP contribution in [-0.4, -0.2) is 27.6 Å². The van der Waals surface area contributed by atoms with E-state index in [1.807, 2.05) is 4.57 Å². The lowest BCUT2D eigenvalue weighted by atomic mass is 10.2. The number of rotatable bonds is 4. The third-order valence-corrected chi connectivity index (χ3v) is 3.97. The fourth-order valence-electron chi connectivity index (χ4n) is 2.34. The summed E-state index contributed by atoms with van der Waals surface area (Å²) in [5, 5.41) is 3.17. The number of aromatic nitrogens is 3. The Kier molecular flexibility index (Phi) is 4.40. The summed E-state index contributed by atoms with van der Waals surface area (Å²) in [7, 11) is 1.56. The minimum atomic E-state index is -0.296. The lowest BCUT2D eigenvalue weighted by Crippen LogP contribution is -2.12. The zero-order valence-corrected chi connectivity index (χ0v) is 14.3. The quantitative estimate of drug-likeness (QED) is 0.778. The minimum Gasteiger partial charge on any atom is -0.497 e. The number of methoxy groups -OCH3 is 1. The van der Waals surface area contributed by atoms with Crippen molar-refractivity contribution in [2.75, 3.05) is 12.4 Å². The molecule has 24 heavy (non-hydrogen) atoms. The number of halogens is 1. The number of anilines is 1. The molecule has 1 amide bonds. The maximum atomic E-state index is 12.4. The highest BCUT2D eigenvalue weighted by atomic mass is 35.5. The fourth-order valence-corrected chi connectivity index (χ4v) is 2.56. The number of ether oxygens (including phenoxy) is 1. The van der Waals surface area contributed by atoms with Crippen LogP contribution in [0.5, 0.6) is 5.75 Å². The van der Waals surface area contributed by atoms with Crippen molar-refractivity contribution < 1.29 is 9.53 Å². The van der Waals surface area contributed by atoms with Gasteiger partial charge in [0, 0.05) is 18.3 Å². The third-order valence-electron chi connectivity index (χ3n) is 3.66. The SMILES string of the molecule is COc1ccc(NC(=O)c2cnc3c(c2)ncn3C(C)C)c(Cl)c1. The van der Waals surface area contributed by atoms with Crippen LogP contribution < -0.4 is 10.1 Å². The lowest BCUT2D eigenvalue weighted by Gasteiger charge is -2.09. The average molecular weight is 345 g/mol. The van der Waals surface area contributed by atoms with Gasteiger partial charge in [-0.25, -0.2) is 9.97 Å². The highest BCUT2D eigenvalue weighted by Gasteiger charge is 2.13. The first-order valence-electron chi connectivity index (χ1n) is 7.47. The zero-order chi connectivity index (χ0) is 17.3. The van der Waals surface area contributed by atoms with E-state index in [2.05, 4.69) is 29.1 Å². The van der Waals surface area contributed by atoms with Gasteiger partial charge in [0.15, 0.2) is 5.65 Å². The van der Waals surface area contributed by atoms with Gasteiger partial charge in [-0.15, -0.1) is 0 Å². The summed E-state index contributed by atoms with van der Waals surface area (Å²) in [6.07, 6.45) is 3.26. The van der Waals surface area contributed by atoms with Crippen LogP contribution in [-0.2, 0) is 0 Å². The highest BCUT2D eigenvalue weighted by molar-refractivity contribution is 6.34. The predicted octanol–water partition coefficient (Wildman–Crippen LogP) is 3.93. The van der Waals surface area contributed by atoms with E-state index < -0.39 is 0 Å². The third kappa shape index (κ3) is 3.05. The molecule has 2 aromatic heterocycles. The van der Waals surface area contributed by atoms with Gasteiger partial charge < -0.3 is 14.6 Å². The zero-order valence-electron chi connectivity index (χ0n) is 13.6. The van der Waals surface area contributed by atoms with E-state index in [1.165, 1.54) is 6.20 Å². The summed E-state index contributed by atoms with van der Waals surface area (Å²) in [6, 6.07) is 7.03. The molecule has 3 rings (SSSR count). The second-order valence-corrected chi connectivity index (χ2v) is 6.02. The Labute approximate surface area is 144 Å². The van der Waals surface area contributed by atoms with Crippen molar-refractivity contribution in [2.24, 2.45) is 0 Å². The molecule has 0 spiro atoms. The van der Waals surface area contributed by atoms with E-state index in [0.717, 1.165) is 5.65 Å². The molecule has 1 aromatic carbocycles. The van der Waals surface area contributed by atoms with Crippen LogP contribution in [0.4, 0.5) is 5.69 Å². The van der Waals surface area contributed by atoms with E-state index >= 15 is 0 Å². The number of fused-ring (bicyclic) bond motifs is 1. The number of benzene rings is 1. The van der Waals surface area contributed by atoms with Gasteiger partial charge in [0.25, 0.3) is 5.91 Å². The van der Waals surface area contributed by atoms with Gasteiger partial charge in [0.05, 0.1) is 29.7 Å². The van der Waals surface area contributed by atoms with Crippen LogP contribution in [0.15, 0.2) is 36.8 Å². The second kappa shape index (κ2) is 6.49. The van der Waals surface area contributed by atoms with E-state index in [-0.39, 0.29) is 11.9 Å². The summed E-state index contributed by atoms with van der Waals surface area (Å²) < 4.78 is 7.05. The van der Waals surface area contributed by atoms with Crippen LogP contribution in [0.25, 0.3) is 11.2 Å². The van der Waals surface area contributed by atoms with Crippen LogP contribution >= 0.6 is 11.6 Å². The first kappa shape index (κ1) is 16.3. The largest absolute Gasteiger partial charge is 0.497 e. The number of carbonyl (C=O) groups excluding carboxylic acids is 1. The van der Waals surface area contributed by atoms with Gasteiger partial charge in [0.1, 0.15) is 11.3 Å². The number of pyridine rings is 1. The Morgan fingerprint density at radius 2 is 2.08 bits per heavy atom. The van der Waals surface area contributed by atoms with Crippen molar-refractivity contribution in [1.82, 2.24) is 14.5 Å². The van der Waals surface area contributed by atoms with Crippen molar-refractivity contribution >= 4 is 34.4 Å². The molecule has 6 nitrogen and oxygen atoms in total. The molecular formula is C17H17ClN4O2. The Balaban J connectivity index is 1.86. The summed E-state index contributed by atoms with van der Waals surface area (Å²) in [5.74, 6) is 0.330. The first-order valence-corrected chi connectivity index (χ1v) is 7.85. The average Bonchev–Trinajstić information content (AvgIpc) is 2.99. The summed E-state index contributed by atoms with van der Waals surface area (Å²) in [6.45, 7) is 4.10. The molecule has 2 heterocycles. The standard InChI is InChI=1S/C17H17ClN4O2/c1-10(2)22-9-20-15-6-11(8-19-16(15)22)17(23)21-14-5-4-12(24-3)7-13(14)18/h4-10H,1-3H3,(H,21,23). The molecule has 0 bridgehead atoms. The van der Waals surface area contributed by atoms with Crippen molar-refractivity contribution in [1.29, 1.82) is 0 Å². The molecule has 0 aliphatic rings. The van der Waals surface area contributed by atoms with Crippen LogP contribution in [0.1, 0.15) is 30.2 Å². The Morgan fingerprint density at radius 3 is 2.75 bits per heavy atom. The summed E-state index contributed by atoms with van der Waals surface area (Å²) in [4.78, 5) is 21.1. The topological polar surface area (TPSA) is 69.0 Å². The second-order valence-electron chi connectivity index (χ2n) is 5.61. The molecule has 0 saturated carbocycles. The summed E-state index contributed by atoms with van der Waals surface area (Å²) in [5.41, 5.74) is 2.36. The summed E-state index contributed by atoms with van der Waals surface area (Å²) >= 11 is 6.15. The molecule has 0 atom stereocenters. The van der Waals surface area contributed by atoms with Crippen LogP contribution in [0.3, 0.4) is 0 Å². The van der Waals surface area contributed by atoms with Crippen molar-refractivity contribution in [3.05, 3.63) is 47.4 Å².